The van der Waals surface area contributed by atoms with Crippen molar-refractivity contribution in [3.63, 3.8) is 0 Å². The van der Waals surface area contributed by atoms with E-state index in [2.05, 4.69) is 5.32 Å². The van der Waals surface area contributed by atoms with E-state index in [1.807, 2.05) is 69.3 Å². The summed E-state index contributed by atoms with van der Waals surface area (Å²) < 4.78 is 0. The first-order valence-electron chi connectivity index (χ1n) is 8.62. The van der Waals surface area contributed by atoms with Gasteiger partial charge in [0, 0.05) is 19.2 Å². The largest absolute Gasteiger partial charge is 0.349 e. The van der Waals surface area contributed by atoms with E-state index >= 15 is 0 Å². The highest BCUT2D eigenvalue weighted by molar-refractivity contribution is 5.94. The number of aryl methyl sites for hydroxylation is 2. The SMILES string of the molecule is CCN(C(=O)CC(NC(C)=O)c1ccc(C)cc1)c1ccccc1C. The minimum absolute atomic E-state index is 0.00359. The molecule has 0 aliphatic carbocycles. The lowest BCUT2D eigenvalue weighted by molar-refractivity contribution is -0.121. The molecule has 0 aliphatic heterocycles. The maximum Gasteiger partial charge on any atom is 0.229 e. The normalized spacial score (nSPS) is 11.7. The van der Waals surface area contributed by atoms with Crippen LogP contribution in [0.5, 0.6) is 0 Å². The molecular weight excluding hydrogens is 312 g/mol. The Bertz CT molecular complexity index is 738. The van der Waals surface area contributed by atoms with Gasteiger partial charge in [0.25, 0.3) is 0 Å². The molecule has 2 rings (SSSR count). The van der Waals surface area contributed by atoms with Crippen molar-refractivity contribution in [2.45, 2.75) is 40.2 Å². The Morgan fingerprint density at radius 3 is 2.24 bits per heavy atom. The first kappa shape index (κ1) is 18.7. The zero-order valence-corrected chi connectivity index (χ0v) is 15.4. The third-order valence-corrected chi connectivity index (χ3v) is 4.26. The van der Waals surface area contributed by atoms with Crippen molar-refractivity contribution in [1.82, 2.24) is 5.32 Å². The molecule has 1 atom stereocenters. The molecule has 1 unspecified atom stereocenters. The Morgan fingerprint density at radius 2 is 1.68 bits per heavy atom. The molecule has 25 heavy (non-hydrogen) atoms. The van der Waals surface area contributed by atoms with Crippen LogP contribution < -0.4 is 10.2 Å². The van der Waals surface area contributed by atoms with E-state index in [4.69, 9.17) is 0 Å². The fraction of sp³-hybridized carbons (Fsp3) is 0.333. The molecule has 2 amide bonds. The van der Waals surface area contributed by atoms with Gasteiger partial charge in [-0.05, 0) is 38.0 Å². The molecular formula is C21H26N2O2. The number of amides is 2. The Balaban J connectivity index is 2.24. The third-order valence-electron chi connectivity index (χ3n) is 4.26. The van der Waals surface area contributed by atoms with E-state index in [1.54, 1.807) is 4.90 Å². The highest BCUT2D eigenvalue weighted by atomic mass is 16.2. The fourth-order valence-corrected chi connectivity index (χ4v) is 2.93. The van der Waals surface area contributed by atoms with Gasteiger partial charge in [-0.25, -0.2) is 0 Å². The Hall–Kier alpha value is -2.62. The van der Waals surface area contributed by atoms with E-state index in [0.29, 0.717) is 6.54 Å². The second-order valence-corrected chi connectivity index (χ2v) is 6.29. The molecule has 132 valence electrons. The van der Waals surface area contributed by atoms with Gasteiger partial charge in [-0.15, -0.1) is 0 Å². The molecule has 0 aromatic heterocycles. The van der Waals surface area contributed by atoms with Gasteiger partial charge < -0.3 is 10.2 Å². The van der Waals surface area contributed by atoms with Gasteiger partial charge in [-0.3, -0.25) is 9.59 Å². The second kappa shape index (κ2) is 8.47. The van der Waals surface area contributed by atoms with Crippen LogP contribution in [-0.2, 0) is 9.59 Å². The molecule has 0 aliphatic rings. The Kier molecular flexibility index (Phi) is 6.34. The molecule has 0 saturated carbocycles. The molecule has 0 fully saturated rings. The topological polar surface area (TPSA) is 49.4 Å². The van der Waals surface area contributed by atoms with Gasteiger partial charge in [0.05, 0.1) is 12.5 Å². The summed E-state index contributed by atoms with van der Waals surface area (Å²) in [7, 11) is 0. The monoisotopic (exact) mass is 338 g/mol. The summed E-state index contributed by atoms with van der Waals surface area (Å²) in [5.41, 5.74) is 4.06. The van der Waals surface area contributed by atoms with Crippen LogP contribution in [0.4, 0.5) is 5.69 Å². The zero-order chi connectivity index (χ0) is 18.4. The van der Waals surface area contributed by atoms with E-state index < -0.39 is 0 Å². The highest BCUT2D eigenvalue weighted by Gasteiger charge is 2.22. The zero-order valence-electron chi connectivity index (χ0n) is 15.4. The maximum absolute atomic E-state index is 12.9. The number of rotatable bonds is 6. The van der Waals surface area contributed by atoms with Gasteiger partial charge in [0.2, 0.25) is 11.8 Å². The van der Waals surface area contributed by atoms with Crippen molar-refractivity contribution in [2.24, 2.45) is 0 Å². The lowest BCUT2D eigenvalue weighted by atomic mass is 10.0. The number of hydrogen-bond acceptors (Lipinski definition) is 2. The number of carbonyl (C=O) groups is 2. The number of benzene rings is 2. The van der Waals surface area contributed by atoms with Crippen LogP contribution in [0.3, 0.4) is 0 Å². The smallest absolute Gasteiger partial charge is 0.229 e. The van der Waals surface area contributed by atoms with Crippen LogP contribution in [0, 0.1) is 13.8 Å². The van der Waals surface area contributed by atoms with Crippen LogP contribution in [0.25, 0.3) is 0 Å². The van der Waals surface area contributed by atoms with Crippen LogP contribution in [0.15, 0.2) is 48.5 Å². The summed E-state index contributed by atoms with van der Waals surface area (Å²) >= 11 is 0. The number of anilines is 1. The first-order chi connectivity index (χ1) is 11.9. The van der Waals surface area contributed by atoms with Gasteiger partial charge in [0.15, 0.2) is 0 Å². The number of para-hydroxylation sites is 1. The Morgan fingerprint density at radius 1 is 1.04 bits per heavy atom. The lowest BCUT2D eigenvalue weighted by Gasteiger charge is -2.26. The van der Waals surface area contributed by atoms with Crippen molar-refractivity contribution in [3.8, 4) is 0 Å². The van der Waals surface area contributed by atoms with E-state index in [9.17, 15) is 9.59 Å². The number of nitrogens with one attached hydrogen (secondary N) is 1. The minimum Gasteiger partial charge on any atom is -0.349 e. The maximum atomic E-state index is 12.9. The van der Waals surface area contributed by atoms with Crippen LogP contribution >= 0.6 is 0 Å². The van der Waals surface area contributed by atoms with Gasteiger partial charge in [-0.1, -0.05) is 48.0 Å². The quantitative estimate of drug-likeness (QED) is 0.868. The predicted molar refractivity (Wildman–Crippen MR) is 102 cm³/mol. The fourth-order valence-electron chi connectivity index (χ4n) is 2.93. The van der Waals surface area contributed by atoms with Gasteiger partial charge in [0.1, 0.15) is 0 Å². The average molecular weight is 338 g/mol. The number of carbonyl (C=O) groups excluding carboxylic acids is 2. The second-order valence-electron chi connectivity index (χ2n) is 6.29. The number of nitrogens with zero attached hydrogens (tertiary/aromatic N) is 1. The first-order valence-corrected chi connectivity index (χ1v) is 8.62. The summed E-state index contributed by atoms with van der Waals surface area (Å²) in [5.74, 6) is -0.145. The van der Waals surface area contributed by atoms with Gasteiger partial charge in [-0.2, -0.15) is 0 Å². The van der Waals surface area contributed by atoms with Crippen LogP contribution in [-0.4, -0.2) is 18.4 Å². The highest BCUT2D eigenvalue weighted by Crippen LogP contribution is 2.24. The standard InChI is InChI=1S/C21H26N2O2/c1-5-23(20-9-7-6-8-16(20)3)21(25)14-19(22-17(4)24)18-12-10-15(2)11-13-18/h6-13,19H,5,14H2,1-4H3,(H,22,24). The molecule has 0 saturated heterocycles. The van der Waals surface area contributed by atoms with E-state index in [-0.39, 0.29) is 24.3 Å². The van der Waals surface area contributed by atoms with Crippen molar-refractivity contribution < 1.29 is 9.59 Å². The molecule has 0 bridgehead atoms. The Labute approximate surface area is 149 Å². The molecule has 2 aromatic carbocycles. The molecule has 1 N–H and O–H groups in total. The third kappa shape index (κ3) is 4.92. The molecule has 4 nitrogen and oxygen atoms in total. The van der Waals surface area contributed by atoms with Crippen molar-refractivity contribution in [1.29, 1.82) is 0 Å². The number of hydrogen-bond donors (Lipinski definition) is 1. The molecule has 0 spiro atoms. The predicted octanol–water partition coefficient (Wildman–Crippen LogP) is 3.92. The van der Waals surface area contributed by atoms with E-state index in [1.165, 1.54) is 6.92 Å². The summed E-state index contributed by atoms with van der Waals surface area (Å²) in [5, 5.41) is 2.91. The van der Waals surface area contributed by atoms with Crippen molar-refractivity contribution in [2.75, 3.05) is 11.4 Å². The van der Waals surface area contributed by atoms with Crippen molar-refractivity contribution >= 4 is 17.5 Å². The summed E-state index contributed by atoms with van der Waals surface area (Å²) in [4.78, 5) is 26.3. The summed E-state index contributed by atoms with van der Waals surface area (Å²) in [6.45, 7) is 8.04. The molecule has 0 heterocycles. The van der Waals surface area contributed by atoms with Crippen LogP contribution in [0.2, 0.25) is 0 Å². The van der Waals surface area contributed by atoms with E-state index in [0.717, 1.165) is 22.4 Å². The molecule has 4 heteroatoms. The molecule has 0 radical (unpaired) electrons. The average Bonchev–Trinajstić information content (AvgIpc) is 2.57. The van der Waals surface area contributed by atoms with Gasteiger partial charge >= 0.3 is 0 Å². The summed E-state index contributed by atoms with van der Waals surface area (Å²) in [6.07, 6.45) is 0.227. The minimum atomic E-state index is -0.330. The lowest BCUT2D eigenvalue weighted by Crippen LogP contribution is -2.36. The van der Waals surface area contributed by atoms with Crippen molar-refractivity contribution in [3.05, 3.63) is 65.2 Å². The summed E-state index contributed by atoms with van der Waals surface area (Å²) in [6, 6.07) is 15.4. The molecule has 2 aromatic rings. The van der Waals surface area contributed by atoms with Crippen LogP contribution in [0.1, 0.15) is 43.0 Å².